The number of rotatable bonds is 4. The molecule has 31 heavy (non-hydrogen) atoms. The molecular formula is C21H25F2N3O5. The van der Waals surface area contributed by atoms with E-state index in [2.05, 4.69) is 10.6 Å². The second-order valence-electron chi connectivity index (χ2n) is 8.56. The highest BCUT2D eigenvalue weighted by molar-refractivity contribution is 6.01. The van der Waals surface area contributed by atoms with Gasteiger partial charge >= 0.3 is 6.09 Å². The number of alkyl carbamates (subject to hydrolysis) is 1. The molecule has 0 aliphatic carbocycles. The number of amides is 3. The Labute approximate surface area is 178 Å². The van der Waals surface area contributed by atoms with Gasteiger partial charge in [0.2, 0.25) is 11.8 Å². The molecule has 1 aromatic rings. The molecule has 1 atom stereocenters. The third-order valence-electron chi connectivity index (χ3n) is 6.14. The van der Waals surface area contributed by atoms with Gasteiger partial charge in [0.25, 0.3) is 0 Å². The molecule has 0 saturated carbocycles. The SMILES string of the molecule is CC1(NC(=O)OC2CN(c3cc(F)c(C4CCC(=O)NC4=O)c(F)c3)C2)CCOCC1. The van der Waals surface area contributed by atoms with Gasteiger partial charge in [0.1, 0.15) is 17.7 Å². The van der Waals surface area contributed by atoms with Crippen LogP contribution in [0.1, 0.15) is 44.1 Å². The molecule has 168 valence electrons. The number of hydrogen-bond donors (Lipinski definition) is 2. The van der Waals surface area contributed by atoms with E-state index in [1.807, 2.05) is 6.92 Å². The molecule has 0 bridgehead atoms. The molecule has 3 fully saturated rings. The fraction of sp³-hybridized carbons (Fsp3) is 0.571. The average Bonchev–Trinajstić information content (AvgIpc) is 2.65. The molecule has 1 unspecified atom stereocenters. The second kappa shape index (κ2) is 8.41. The Morgan fingerprint density at radius 2 is 1.87 bits per heavy atom. The minimum atomic E-state index is -1.03. The van der Waals surface area contributed by atoms with E-state index in [-0.39, 0.29) is 30.0 Å². The van der Waals surface area contributed by atoms with Crippen molar-refractivity contribution in [3.63, 3.8) is 0 Å². The lowest BCUT2D eigenvalue weighted by molar-refractivity contribution is -0.134. The van der Waals surface area contributed by atoms with E-state index < -0.39 is 35.5 Å². The van der Waals surface area contributed by atoms with Crippen LogP contribution in [0.2, 0.25) is 0 Å². The molecular weight excluding hydrogens is 412 g/mol. The van der Waals surface area contributed by atoms with Crippen molar-refractivity contribution in [3.05, 3.63) is 29.3 Å². The largest absolute Gasteiger partial charge is 0.442 e. The summed E-state index contributed by atoms with van der Waals surface area (Å²) < 4.78 is 40.0. The Morgan fingerprint density at radius 1 is 1.23 bits per heavy atom. The summed E-state index contributed by atoms with van der Waals surface area (Å²) in [6.07, 6.45) is 0.617. The minimum absolute atomic E-state index is 0.0380. The number of carbonyl (C=O) groups excluding carboxylic acids is 3. The van der Waals surface area contributed by atoms with Crippen molar-refractivity contribution in [2.24, 2.45) is 0 Å². The molecule has 4 rings (SSSR count). The molecule has 0 aromatic heterocycles. The zero-order valence-corrected chi connectivity index (χ0v) is 17.2. The molecule has 3 amide bonds. The second-order valence-corrected chi connectivity index (χ2v) is 8.56. The first-order valence-electron chi connectivity index (χ1n) is 10.4. The highest BCUT2D eigenvalue weighted by Crippen LogP contribution is 2.33. The molecule has 3 aliphatic heterocycles. The number of anilines is 1. The zero-order valence-electron chi connectivity index (χ0n) is 17.2. The van der Waals surface area contributed by atoms with E-state index in [1.165, 1.54) is 12.1 Å². The van der Waals surface area contributed by atoms with Crippen LogP contribution in [0.4, 0.5) is 19.3 Å². The molecule has 3 saturated heterocycles. The summed E-state index contributed by atoms with van der Waals surface area (Å²) in [6.45, 7) is 3.73. The molecule has 0 radical (unpaired) electrons. The van der Waals surface area contributed by atoms with E-state index in [4.69, 9.17) is 9.47 Å². The van der Waals surface area contributed by atoms with Crippen LogP contribution in [-0.2, 0) is 19.1 Å². The fourth-order valence-corrected chi connectivity index (χ4v) is 4.15. The fourth-order valence-electron chi connectivity index (χ4n) is 4.15. The van der Waals surface area contributed by atoms with Crippen LogP contribution < -0.4 is 15.5 Å². The number of nitrogens with one attached hydrogen (secondary N) is 2. The van der Waals surface area contributed by atoms with E-state index >= 15 is 0 Å². The van der Waals surface area contributed by atoms with E-state index in [0.717, 1.165) is 0 Å². The quantitative estimate of drug-likeness (QED) is 0.700. The lowest BCUT2D eigenvalue weighted by Gasteiger charge is -2.41. The summed E-state index contributed by atoms with van der Waals surface area (Å²) >= 11 is 0. The monoisotopic (exact) mass is 437 g/mol. The average molecular weight is 437 g/mol. The number of piperidine rings is 1. The van der Waals surface area contributed by atoms with Crippen LogP contribution >= 0.6 is 0 Å². The Hall–Kier alpha value is -2.75. The molecule has 3 heterocycles. The number of ether oxygens (including phenoxy) is 2. The summed E-state index contributed by atoms with van der Waals surface area (Å²) in [6, 6.07) is 2.34. The maximum absolute atomic E-state index is 14.7. The van der Waals surface area contributed by atoms with Gasteiger partial charge in [-0.3, -0.25) is 14.9 Å². The molecule has 3 aliphatic rings. The molecule has 1 aromatic carbocycles. The number of halogens is 2. The maximum atomic E-state index is 14.7. The van der Waals surface area contributed by atoms with Crippen LogP contribution in [0, 0.1) is 11.6 Å². The summed E-state index contributed by atoms with van der Waals surface area (Å²) in [5.41, 5.74) is -0.384. The highest BCUT2D eigenvalue weighted by Gasteiger charge is 2.36. The number of nitrogens with zero attached hydrogens (tertiary/aromatic N) is 1. The number of imide groups is 1. The molecule has 0 spiro atoms. The van der Waals surface area contributed by atoms with Gasteiger partial charge in [-0.1, -0.05) is 0 Å². The normalized spacial score (nSPS) is 23.7. The smallest absolute Gasteiger partial charge is 0.407 e. The predicted octanol–water partition coefficient (Wildman–Crippen LogP) is 1.97. The van der Waals surface area contributed by atoms with Gasteiger partial charge in [0.15, 0.2) is 0 Å². The van der Waals surface area contributed by atoms with Crippen molar-refractivity contribution >= 4 is 23.6 Å². The van der Waals surface area contributed by atoms with Gasteiger partial charge in [0, 0.05) is 36.4 Å². The number of carbonyl (C=O) groups is 3. The van der Waals surface area contributed by atoms with Crippen molar-refractivity contribution in [3.8, 4) is 0 Å². The summed E-state index contributed by atoms with van der Waals surface area (Å²) in [5.74, 6) is -3.84. The maximum Gasteiger partial charge on any atom is 0.407 e. The Morgan fingerprint density at radius 3 is 2.48 bits per heavy atom. The van der Waals surface area contributed by atoms with Crippen molar-refractivity contribution < 1.29 is 32.6 Å². The van der Waals surface area contributed by atoms with Crippen molar-refractivity contribution in [2.75, 3.05) is 31.2 Å². The number of hydrogen-bond acceptors (Lipinski definition) is 6. The Balaban J connectivity index is 1.34. The minimum Gasteiger partial charge on any atom is -0.442 e. The zero-order chi connectivity index (χ0) is 22.2. The van der Waals surface area contributed by atoms with Gasteiger partial charge in [-0.25, -0.2) is 13.6 Å². The van der Waals surface area contributed by atoms with E-state index in [1.54, 1.807) is 4.90 Å². The van der Waals surface area contributed by atoms with Crippen molar-refractivity contribution in [2.45, 2.75) is 50.2 Å². The van der Waals surface area contributed by atoms with E-state index in [9.17, 15) is 23.2 Å². The topological polar surface area (TPSA) is 97.0 Å². The first kappa shape index (κ1) is 21.5. The third-order valence-corrected chi connectivity index (χ3v) is 6.14. The Kier molecular flexibility index (Phi) is 5.83. The van der Waals surface area contributed by atoms with Gasteiger partial charge in [-0.05, 0) is 38.3 Å². The highest BCUT2D eigenvalue weighted by atomic mass is 19.1. The molecule has 10 heteroatoms. The first-order chi connectivity index (χ1) is 14.7. The van der Waals surface area contributed by atoms with Crippen LogP contribution in [0.3, 0.4) is 0 Å². The van der Waals surface area contributed by atoms with Crippen LogP contribution in [0.25, 0.3) is 0 Å². The summed E-state index contributed by atoms with van der Waals surface area (Å²) in [7, 11) is 0. The third kappa shape index (κ3) is 4.63. The van der Waals surface area contributed by atoms with Gasteiger partial charge in [-0.15, -0.1) is 0 Å². The van der Waals surface area contributed by atoms with Gasteiger partial charge in [0.05, 0.1) is 19.0 Å². The predicted molar refractivity (Wildman–Crippen MR) is 106 cm³/mol. The van der Waals surface area contributed by atoms with Crippen LogP contribution in [-0.4, -0.2) is 55.9 Å². The summed E-state index contributed by atoms with van der Waals surface area (Å²) in [5, 5.41) is 4.99. The standard InChI is InChI=1S/C21H25F2N3O5/c1-21(4-6-30-7-5-21)25-20(29)31-13-10-26(11-13)12-8-15(22)18(16(23)9-12)14-2-3-17(27)24-19(14)28/h8-9,13-14H,2-7,10-11H2,1H3,(H,25,29)(H,24,27,28). The van der Waals surface area contributed by atoms with E-state index in [0.29, 0.717) is 44.8 Å². The van der Waals surface area contributed by atoms with Crippen molar-refractivity contribution in [1.82, 2.24) is 10.6 Å². The molecule has 8 nitrogen and oxygen atoms in total. The number of benzene rings is 1. The van der Waals surface area contributed by atoms with Gasteiger partial charge < -0.3 is 19.7 Å². The van der Waals surface area contributed by atoms with Crippen LogP contribution in [0.5, 0.6) is 0 Å². The lowest BCUT2D eigenvalue weighted by atomic mass is 9.89. The Bertz CT molecular complexity index is 874. The summed E-state index contributed by atoms with van der Waals surface area (Å²) in [4.78, 5) is 37.1. The van der Waals surface area contributed by atoms with Gasteiger partial charge in [-0.2, -0.15) is 0 Å². The first-order valence-corrected chi connectivity index (χ1v) is 10.4. The molecule has 2 N–H and O–H groups in total. The lowest BCUT2D eigenvalue weighted by Crippen LogP contribution is -2.56. The van der Waals surface area contributed by atoms with Crippen LogP contribution in [0.15, 0.2) is 12.1 Å². The van der Waals surface area contributed by atoms with Crippen molar-refractivity contribution in [1.29, 1.82) is 0 Å².